The van der Waals surface area contributed by atoms with Gasteiger partial charge in [-0.15, -0.1) is 0 Å². The van der Waals surface area contributed by atoms with Crippen molar-refractivity contribution in [2.45, 2.75) is 12.3 Å². The third kappa shape index (κ3) is 2.97. The third-order valence-corrected chi connectivity index (χ3v) is 4.69. The summed E-state index contributed by atoms with van der Waals surface area (Å²) < 4.78 is 12.5. The van der Waals surface area contributed by atoms with Crippen LogP contribution in [0.15, 0.2) is 48.8 Å². The number of rotatable bonds is 4. The minimum atomic E-state index is -0.230. The van der Waals surface area contributed by atoms with Gasteiger partial charge in [0, 0.05) is 18.4 Å². The Labute approximate surface area is 156 Å². The Balaban J connectivity index is 1.83. The molecule has 1 aliphatic heterocycles. The first-order valence-electron chi connectivity index (χ1n) is 8.49. The Hall–Kier alpha value is -3.48. The number of phenols is 1. The van der Waals surface area contributed by atoms with Crippen LogP contribution in [0.5, 0.6) is 17.2 Å². The fourth-order valence-electron chi connectivity index (χ4n) is 3.39. The second-order valence-electron chi connectivity index (χ2n) is 6.29. The van der Waals surface area contributed by atoms with Crippen molar-refractivity contribution < 1.29 is 19.4 Å². The molecule has 138 valence electrons. The monoisotopic (exact) mass is 365 g/mol. The molecule has 7 nitrogen and oxygen atoms in total. The Morgan fingerprint density at radius 1 is 1.19 bits per heavy atom. The van der Waals surface area contributed by atoms with Crippen LogP contribution in [0, 0.1) is 0 Å². The number of amides is 1. The lowest BCUT2D eigenvalue weighted by molar-refractivity contribution is -0.116. The van der Waals surface area contributed by atoms with E-state index in [9.17, 15) is 9.90 Å². The van der Waals surface area contributed by atoms with Crippen LogP contribution in [-0.4, -0.2) is 34.8 Å². The van der Waals surface area contributed by atoms with E-state index in [4.69, 9.17) is 9.47 Å². The quantitative estimate of drug-likeness (QED) is 0.742. The van der Waals surface area contributed by atoms with Gasteiger partial charge in [-0.1, -0.05) is 12.1 Å². The zero-order valence-electron chi connectivity index (χ0n) is 15.0. The van der Waals surface area contributed by atoms with E-state index in [1.54, 1.807) is 49.4 Å². The third-order valence-electron chi connectivity index (χ3n) is 4.69. The first-order valence-corrected chi connectivity index (χ1v) is 8.49. The predicted octanol–water partition coefficient (Wildman–Crippen LogP) is 3.07. The normalized spacial score (nSPS) is 15.8. The number of fused-ring (bicyclic) bond motifs is 1. The lowest BCUT2D eigenvalue weighted by atomic mass is 9.90. The predicted molar refractivity (Wildman–Crippen MR) is 99.9 cm³/mol. The van der Waals surface area contributed by atoms with Gasteiger partial charge in [0.15, 0.2) is 0 Å². The molecule has 0 spiro atoms. The van der Waals surface area contributed by atoms with E-state index in [1.807, 2.05) is 18.2 Å². The molecule has 0 bridgehead atoms. The van der Waals surface area contributed by atoms with Crippen molar-refractivity contribution in [3.05, 3.63) is 60.0 Å². The molecule has 1 aliphatic rings. The van der Waals surface area contributed by atoms with Gasteiger partial charge in [-0.2, -0.15) is 0 Å². The molecular weight excluding hydrogens is 346 g/mol. The lowest BCUT2D eigenvalue weighted by Crippen LogP contribution is -2.25. The molecule has 0 radical (unpaired) electrons. The van der Waals surface area contributed by atoms with Gasteiger partial charge in [-0.3, -0.25) is 9.36 Å². The molecule has 1 aromatic heterocycles. The van der Waals surface area contributed by atoms with Crippen molar-refractivity contribution in [2.24, 2.45) is 0 Å². The highest BCUT2D eigenvalue weighted by Gasteiger charge is 2.31. The number of methoxy groups -OCH3 is 2. The molecule has 0 unspecified atom stereocenters. The van der Waals surface area contributed by atoms with Crippen molar-refractivity contribution in [2.75, 3.05) is 19.5 Å². The molecule has 0 fully saturated rings. The number of phenolic OH excluding ortho intramolecular Hbond substituents is 1. The molecule has 2 aromatic carbocycles. The van der Waals surface area contributed by atoms with Crippen molar-refractivity contribution in [3.63, 3.8) is 0 Å². The van der Waals surface area contributed by atoms with Crippen LogP contribution in [0.2, 0.25) is 0 Å². The summed E-state index contributed by atoms with van der Waals surface area (Å²) in [7, 11) is 3.17. The van der Waals surface area contributed by atoms with Gasteiger partial charge in [-0.05, 0) is 29.8 Å². The van der Waals surface area contributed by atoms with Crippen molar-refractivity contribution in [1.82, 2.24) is 9.55 Å². The summed E-state index contributed by atoms with van der Waals surface area (Å²) in [5.41, 5.74) is 2.33. The average molecular weight is 365 g/mol. The van der Waals surface area contributed by atoms with Gasteiger partial charge in [0.05, 0.1) is 25.6 Å². The van der Waals surface area contributed by atoms with Crippen LogP contribution in [0.1, 0.15) is 23.6 Å². The molecule has 2 N–H and O–H groups in total. The number of nitrogens with one attached hydrogen (secondary N) is 1. The van der Waals surface area contributed by atoms with E-state index >= 15 is 0 Å². The summed E-state index contributed by atoms with van der Waals surface area (Å²) in [5.74, 6) is 1.70. The van der Waals surface area contributed by atoms with Crippen LogP contribution in [0.25, 0.3) is 5.69 Å². The first kappa shape index (κ1) is 17.0. The second-order valence-corrected chi connectivity index (χ2v) is 6.29. The van der Waals surface area contributed by atoms with Crippen LogP contribution in [0.4, 0.5) is 5.82 Å². The van der Waals surface area contributed by atoms with Crippen LogP contribution in [0.3, 0.4) is 0 Å². The molecule has 0 saturated carbocycles. The first-order chi connectivity index (χ1) is 13.1. The van der Waals surface area contributed by atoms with E-state index in [1.165, 1.54) is 0 Å². The van der Waals surface area contributed by atoms with Crippen LogP contribution >= 0.6 is 0 Å². The molecule has 1 amide bonds. The summed E-state index contributed by atoms with van der Waals surface area (Å²) in [4.78, 5) is 16.9. The summed E-state index contributed by atoms with van der Waals surface area (Å²) in [5, 5.41) is 12.7. The number of aromatic hydroxyl groups is 1. The smallest absolute Gasteiger partial charge is 0.226 e. The number of hydrogen-bond donors (Lipinski definition) is 2. The molecule has 4 rings (SSSR count). The maximum atomic E-state index is 12.4. The van der Waals surface area contributed by atoms with E-state index in [0.29, 0.717) is 17.3 Å². The topological polar surface area (TPSA) is 85.6 Å². The van der Waals surface area contributed by atoms with Gasteiger partial charge in [-0.25, -0.2) is 4.98 Å². The van der Waals surface area contributed by atoms with Gasteiger partial charge in [0.1, 0.15) is 29.4 Å². The minimum absolute atomic E-state index is 0.106. The summed E-state index contributed by atoms with van der Waals surface area (Å²) in [6.45, 7) is 0. The van der Waals surface area contributed by atoms with Crippen molar-refractivity contribution >= 4 is 11.7 Å². The molecule has 2 heterocycles. The highest BCUT2D eigenvalue weighted by molar-refractivity contribution is 5.94. The number of ether oxygens (including phenoxy) is 2. The number of carbonyl (C=O) groups is 1. The van der Waals surface area contributed by atoms with E-state index in [-0.39, 0.29) is 24.0 Å². The van der Waals surface area contributed by atoms with Gasteiger partial charge in [0.25, 0.3) is 0 Å². The number of nitrogens with zero attached hydrogens (tertiary/aromatic N) is 2. The lowest BCUT2D eigenvalue weighted by Gasteiger charge is -2.24. The van der Waals surface area contributed by atoms with E-state index in [0.717, 1.165) is 16.9 Å². The molecule has 0 saturated heterocycles. The second kappa shape index (κ2) is 6.68. The maximum Gasteiger partial charge on any atom is 0.226 e. The Kier molecular flexibility index (Phi) is 4.19. The highest BCUT2D eigenvalue weighted by atomic mass is 16.5. The number of hydrogen-bond acceptors (Lipinski definition) is 5. The zero-order valence-corrected chi connectivity index (χ0v) is 15.0. The molecule has 3 aromatic rings. The maximum absolute atomic E-state index is 12.4. The minimum Gasteiger partial charge on any atom is -0.508 e. The average Bonchev–Trinajstić information content (AvgIpc) is 3.10. The van der Waals surface area contributed by atoms with Crippen molar-refractivity contribution in [1.29, 1.82) is 0 Å². The number of anilines is 1. The Morgan fingerprint density at radius 3 is 2.78 bits per heavy atom. The van der Waals surface area contributed by atoms with E-state index in [2.05, 4.69) is 10.3 Å². The Bertz CT molecular complexity index is 1010. The molecule has 27 heavy (non-hydrogen) atoms. The van der Waals surface area contributed by atoms with Gasteiger partial charge < -0.3 is 19.9 Å². The largest absolute Gasteiger partial charge is 0.508 e. The zero-order chi connectivity index (χ0) is 19.0. The molecule has 0 aliphatic carbocycles. The molecule has 1 atom stereocenters. The number of imidazole rings is 1. The van der Waals surface area contributed by atoms with Crippen LogP contribution < -0.4 is 14.8 Å². The molecule has 7 heteroatoms. The van der Waals surface area contributed by atoms with Crippen LogP contribution in [-0.2, 0) is 4.79 Å². The van der Waals surface area contributed by atoms with Gasteiger partial charge in [0.2, 0.25) is 5.91 Å². The van der Waals surface area contributed by atoms with Gasteiger partial charge >= 0.3 is 0 Å². The number of aromatic nitrogens is 2. The fraction of sp³-hybridized carbons (Fsp3) is 0.200. The summed E-state index contributed by atoms with van der Waals surface area (Å²) in [6, 6.07) is 12.4. The van der Waals surface area contributed by atoms with Crippen molar-refractivity contribution in [3.8, 4) is 22.9 Å². The summed E-state index contributed by atoms with van der Waals surface area (Å²) in [6.07, 6.45) is 1.93. The molecular formula is C20H19N3O4. The van der Waals surface area contributed by atoms with E-state index < -0.39 is 0 Å². The SMILES string of the molecule is COc1ccc(-n2cnc3c2NC(=O)C[C@@H]3c2cccc(O)c2)c(OC)c1. The Morgan fingerprint density at radius 2 is 2.04 bits per heavy atom. The fourth-order valence-corrected chi connectivity index (χ4v) is 3.39. The number of benzene rings is 2. The number of carbonyl (C=O) groups excluding carboxylic acids is 1. The standard InChI is InChI=1S/C20H19N3O4/c1-26-14-6-7-16(17(9-14)27-2)23-11-21-19-15(10-18(25)22-20(19)23)12-4-3-5-13(24)8-12/h3-9,11,15,24H,10H2,1-2H3,(H,22,25)/t15-/m1/s1. The highest BCUT2D eigenvalue weighted by Crippen LogP contribution is 2.39. The summed E-state index contributed by atoms with van der Waals surface area (Å²) >= 11 is 0.